The number of halogens is 1. The Balaban J connectivity index is 2.13. The highest BCUT2D eigenvalue weighted by Gasteiger charge is 2.26. The van der Waals surface area contributed by atoms with Crippen LogP contribution >= 0.6 is 11.6 Å². The summed E-state index contributed by atoms with van der Waals surface area (Å²) in [4.78, 5) is 11.2. The molecule has 0 aliphatic carbocycles. The molecule has 0 aromatic heterocycles. The van der Waals surface area contributed by atoms with Crippen molar-refractivity contribution in [3.8, 4) is 0 Å². The summed E-state index contributed by atoms with van der Waals surface area (Å²) in [5.41, 5.74) is 5.32. The van der Waals surface area contributed by atoms with Crippen molar-refractivity contribution < 1.29 is 4.79 Å². The van der Waals surface area contributed by atoms with Gasteiger partial charge in [0.15, 0.2) is 0 Å². The van der Waals surface area contributed by atoms with Gasteiger partial charge in [-0.25, -0.2) is 5.01 Å². The van der Waals surface area contributed by atoms with Crippen LogP contribution in [-0.2, 0) is 11.3 Å². The van der Waals surface area contributed by atoms with Gasteiger partial charge in [0.05, 0.1) is 6.04 Å². The summed E-state index contributed by atoms with van der Waals surface area (Å²) in [6.45, 7) is 2.82. The number of hydrogen-bond donors (Lipinski definition) is 1. The van der Waals surface area contributed by atoms with E-state index in [1.807, 2.05) is 17.1 Å². The molecule has 4 heteroatoms. The first-order valence-corrected chi connectivity index (χ1v) is 5.45. The molecule has 1 N–H and O–H groups in total. The second-order valence-corrected chi connectivity index (χ2v) is 3.94. The number of nitrogens with zero attached hydrogens (tertiary/aromatic N) is 1. The van der Waals surface area contributed by atoms with E-state index in [4.69, 9.17) is 11.6 Å². The highest BCUT2D eigenvalue weighted by molar-refractivity contribution is 6.27. The first kappa shape index (κ1) is 10.5. The maximum atomic E-state index is 11.2. The number of amides is 1. The maximum Gasteiger partial charge on any atom is 0.249 e. The number of fused-ring (bicyclic) bond motifs is 1. The lowest BCUT2D eigenvalue weighted by molar-refractivity contribution is -0.124. The highest BCUT2D eigenvalue weighted by Crippen LogP contribution is 2.30. The minimum Gasteiger partial charge on any atom is -0.287 e. The summed E-state index contributed by atoms with van der Waals surface area (Å²) < 4.78 is 0. The fraction of sp³-hybridized carbons (Fsp3) is 0.364. The monoisotopic (exact) mass is 224 g/mol. The van der Waals surface area contributed by atoms with Gasteiger partial charge in [-0.15, -0.1) is 11.6 Å². The molecular formula is C11H13ClN2O. The van der Waals surface area contributed by atoms with Crippen LogP contribution in [0.15, 0.2) is 24.3 Å². The minimum atomic E-state index is -0.156. The van der Waals surface area contributed by atoms with Crippen molar-refractivity contribution in [1.82, 2.24) is 10.4 Å². The van der Waals surface area contributed by atoms with E-state index < -0.39 is 0 Å². The predicted octanol–water partition coefficient (Wildman–Crippen LogP) is 1.83. The number of hydrogen-bond acceptors (Lipinski definition) is 2. The molecule has 1 amide bonds. The zero-order chi connectivity index (χ0) is 10.8. The average molecular weight is 225 g/mol. The van der Waals surface area contributed by atoms with Crippen LogP contribution in [-0.4, -0.2) is 16.8 Å². The van der Waals surface area contributed by atoms with E-state index in [9.17, 15) is 4.79 Å². The lowest BCUT2D eigenvalue weighted by Crippen LogP contribution is -2.40. The molecule has 1 aromatic carbocycles. The largest absolute Gasteiger partial charge is 0.287 e. The molecule has 0 saturated carbocycles. The summed E-state index contributed by atoms with van der Waals surface area (Å²) in [6, 6.07) is 8.42. The summed E-state index contributed by atoms with van der Waals surface area (Å²) in [6.07, 6.45) is 0. The van der Waals surface area contributed by atoms with Crippen molar-refractivity contribution in [2.45, 2.75) is 19.5 Å². The number of benzene rings is 1. The molecular weight excluding hydrogens is 212 g/mol. The molecule has 1 aliphatic rings. The molecule has 1 heterocycles. The third kappa shape index (κ3) is 1.98. The molecule has 0 bridgehead atoms. The summed E-state index contributed by atoms with van der Waals surface area (Å²) in [5, 5.41) is 1.91. The van der Waals surface area contributed by atoms with Gasteiger partial charge in [-0.05, 0) is 18.1 Å². The molecule has 0 saturated heterocycles. The van der Waals surface area contributed by atoms with E-state index >= 15 is 0 Å². The van der Waals surface area contributed by atoms with Crippen molar-refractivity contribution in [2.75, 3.05) is 5.88 Å². The topological polar surface area (TPSA) is 32.3 Å². The number of carbonyl (C=O) groups excluding carboxylic acids is 1. The quantitative estimate of drug-likeness (QED) is 0.778. The Labute approximate surface area is 94.0 Å². The fourth-order valence-electron chi connectivity index (χ4n) is 1.90. The Kier molecular flexibility index (Phi) is 2.93. The van der Waals surface area contributed by atoms with Crippen molar-refractivity contribution in [3.63, 3.8) is 0 Å². The molecule has 1 aliphatic heterocycles. The molecule has 1 aromatic rings. The minimum absolute atomic E-state index is 0.000431. The van der Waals surface area contributed by atoms with Crippen molar-refractivity contribution in [2.24, 2.45) is 0 Å². The molecule has 0 spiro atoms. The Morgan fingerprint density at radius 2 is 2.33 bits per heavy atom. The SMILES string of the molecule is CC1c2ccccc2CN1NC(=O)CCl. The smallest absolute Gasteiger partial charge is 0.249 e. The highest BCUT2D eigenvalue weighted by atomic mass is 35.5. The Hall–Kier alpha value is -1.06. The van der Waals surface area contributed by atoms with Crippen LogP contribution in [0.3, 0.4) is 0 Å². The van der Waals surface area contributed by atoms with E-state index in [0.717, 1.165) is 6.54 Å². The van der Waals surface area contributed by atoms with Crippen LogP contribution in [0.5, 0.6) is 0 Å². The Morgan fingerprint density at radius 3 is 3.00 bits per heavy atom. The third-order valence-electron chi connectivity index (χ3n) is 2.70. The first-order valence-electron chi connectivity index (χ1n) is 4.92. The van der Waals surface area contributed by atoms with Gasteiger partial charge in [0, 0.05) is 6.54 Å². The van der Waals surface area contributed by atoms with Crippen LogP contribution in [0.4, 0.5) is 0 Å². The second-order valence-electron chi connectivity index (χ2n) is 3.67. The van der Waals surface area contributed by atoms with Crippen molar-refractivity contribution in [3.05, 3.63) is 35.4 Å². The first-order chi connectivity index (χ1) is 7.22. The molecule has 80 valence electrons. The molecule has 15 heavy (non-hydrogen) atoms. The molecule has 1 atom stereocenters. The van der Waals surface area contributed by atoms with Gasteiger partial charge in [0.1, 0.15) is 5.88 Å². The van der Waals surface area contributed by atoms with E-state index in [0.29, 0.717) is 0 Å². The standard InChI is InChI=1S/C11H13ClN2O/c1-8-10-5-3-2-4-9(10)7-14(8)13-11(15)6-12/h2-5,8H,6-7H2,1H3,(H,13,15). The van der Waals surface area contributed by atoms with Gasteiger partial charge in [-0.3, -0.25) is 10.2 Å². The lowest BCUT2D eigenvalue weighted by atomic mass is 10.1. The molecule has 2 rings (SSSR count). The summed E-state index contributed by atoms with van der Waals surface area (Å²) >= 11 is 5.45. The number of alkyl halides is 1. The fourth-order valence-corrected chi connectivity index (χ4v) is 1.96. The van der Waals surface area contributed by atoms with Crippen molar-refractivity contribution >= 4 is 17.5 Å². The van der Waals surface area contributed by atoms with Crippen LogP contribution in [0.1, 0.15) is 24.1 Å². The number of nitrogens with one attached hydrogen (secondary N) is 1. The normalized spacial score (nSPS) is 20.0. The van der Waals surface area contributed by atoms with E-state index in [2.05, 4.69) is 24.5 Å². The van der Waals surface area contributed by atoms with E-state index in [1.54, 1.807) is 0 Å². The van der Waals surface area contributed by atoms with Gasteiger partial charge in [0.25, 0.3) is 0 Å². The van der Waals surface area contributed by atoms with Crippen LogP contribution in [0, 0.1) is 0 Å². The Morgan fingerprint density at radius 1 is 1.60 bits per heavy atom. The third-order valence-corrected chi connectivity index (χ3v) is 2.95. The van der Waals surface area contributed by atoms with Gasteiger partial charge < -0.3 is 0 Å². The lowest BCUT2D eigenvalue weighted by Gasteiger charge is -2.21. The van der Waals surface area contributed by atoms with E-state index in [1.165, 1.54) is 11.1 Å². The molecule has 0 fully saturated rings. The van der Waals surface area contributed by atoms with Gasteiger partial charge in [-0.2, -0.15) is 0 Å². The number of carbonyl (C=O) groups is 1. The van der Waals surface area contributed by atoms with Gasteiger partial charge in [0.2, 0.25) is 5.91 Å². The molecule has 3 nitrogen and oxygen atoms in total. The average Bonchev–Trinajstić information content (AvgIpc) is 2.57. The van der Waals surface area contributed by atoms with Gasteiger partial charge >= 0.3 is 0 Å². The maximum absolute atomic E-state index is 11.2. The van der Waals surface area contributed by atoms with Crippen LogP contribution in [0.25, 0.3) is 0 Å². The molecule has 1 unspecified atom stereocenters. The van der Waals surface area contributed by atoms with Crippen LogP contribution < -0.4 is 5.43 Å². The molecule has 0 radical (unpaired) electrons. The van der Waals surface area contributed by atoms with Crippen molar-refractivity contribution in [1.29, 1.82) is 0 Å². The summed E-state index contributed by atoms with van der Waals surface area (Å²) in [5.74, 6) is -0.157. The predicted molar refractivity (Wildman–Crippen MR) is 59.3 cm³/mol. The number of hydrazine groups is 1. The zero-order valence-electron chi connectivity index (χ0n) is 8.53. The number of rotatable bonds is 2. The second kappa shape index (κ2) is 4.21. The van der Waals surface area contributed by atoms with Gasteiger partial charge in [-0.1, -0.05) is 24.3 Å². The summed E-state index contributed by atoms with van der Waals surface area (Å²) in [7, 11) is 0. The zero-order valence-corrected chi connectivity index (χ0v) is 9.29. The van der Waals surface area contributed by atoms with Crippen LogP contribution in [0.2, 0.25) is 0 Å². The van der Waals surface area contributed by atoms with E-state index in [-0.39, 0.29) is 17.8 Å². The Bertz CT molecular complexity index is 381.